The highest BCUT2D eigenvalue weighted by atomic mass is 32.2. The minimum Gasteiger partial charge on any atom is -0.380 e. The summed E-state index contributed by atoms with van der Waals surface area (Å²) in [4.78, 5) is 0. The van der Waals surface area contributed by atoms with Crippen molar-refractivity contribution in [3.8, 4) is 0 Å². The topological polar surface area (TPSA) is 21.3 Å². The number of rotatable bonds is 5. The third kappa shape index (κ3) is 3.88. The number of thioether (sulfide) groups is 1. The molecule has 0 aromatic heterocycles. The first-order valence-electron chi connectivity index (χ1n) is 5.31. The van der Waals surface area contributed by atoms with Crippen LogP contribution in [0.3, 0.4) is 0 Å². The summed E-state index contributed by atoms with van der Waals surface area (Å²) in [7, 11) is 0. The molecule has 0 aromatic carbocycles. The zero-order chi connectivity index (χ0) is 9.52. The molecule has 1 aliphatic rings. The van der Waals surface area contributed by atoms with Crippen LogP contribution in [0.5, 0.6) is 0 Å². The van der Waals surface area contributed by atoms with Crippen molar-refractivity contribution in [1.29, 1.82) is 0 Å². The lowest BCUT2D eigenvalue weighted by Gasteiger charge is -2.31. The monoisotopic (exact) mass is 203 g/mol. The smallest absolute Gasteiger partial charge is 0.0600 e. The minimum atomic E-state index is 0.672. The molecule has 1 aliphatic heterocycles. The lowest BCUT2D eigenvalue weighted by atomic mass is 10.1. The van der Waals surface area contributed by atoms with E-state index >= 15 is 0 Å². The highest BCUT2D eigenvalue weighted by molar-refractivity contribution is 7.99. The van der Waals surface area contributed by atoms with Crippen molar-refractivity contribution < 1.29 is 4.74 Å². The molecule has 1 heterocycles. The maximum atomic E-state index is 5.48. The first-order valence-corrected chi connectivity index (χ1v) is 6.36. The fourth-order valence-electron chi connectivity index (χ4n) is 1.65. The van der Waals surface area contributed by atoms with E-state index in [-0.39, 0.29) is 0 Å². The summed E-state index contributed by atoms with van der Waals surface area (Å²) < 4.78 is 5.48. The summed E-state index contributed by atoms with van der Waals surface area (Å²) in [5, 5.41) is 4.28. The van der Waals surface area contributed by atoms with Crippen molar-refractivity contribution in [2.24, 2.45) is 0 Å². The van der Waals surface area contributed by atoms with Crippen LogP contribution in [0.4, 0.5) is 0 Å². The lowest BCUT2D eigenvalue weighted by Crippen LogP contribution is -2.45. The maximum Gasteiger partial charge on any atom is 0.0600 e. The van der Waals surface area contributed by atoms with Crippen LogP contribution in [-0.2, 0) is 4.74 Å². The molecule has 0 amide bonds. The summed E-state index contributed by atoms with van der Waals surface area (Å²) in [6.07, 6.45) is 2.40. The zero-order valence-corrected chi connectivity index (χ0v) is 9.53. The second-order valence-corrected chi connectivity index (χ2v) is 4.93. The van der Waals surface area contributed by atoms with Crippen molar-refractivity contribution in [3.63, 3.8) is 0 Å². The van der Waals surface area contributed by atoms with Gasteiger partial charge in [0.1, 0.15) is 0 Å². The van der Waals surface area contributed by atoms with Gasteiger partial charge in [0.25, 0.3) is 0 Å². The predicted molar refractivity (Wildman–Crippen MR) is 59.4 cm³/mol. The zero-order valence-electron chi connectivity index (χ0n) is 8.71. The summed E-state index contributed by atoms with van der Waals surface area (Å²) >= 11 is 2.02. The number of hydrogen-bond acceptors (Lipinski definition) is 3. The van der Waals surface area contributed by atoms with Gasteiger partial charge in [-0.25, -0.2) is 0 Å². The molecule has 2 atom stereocenters. The molecule has 2 nitrogen and oxygen atoms in total. The molecule has 0 bridgehead atoms. The first-order chi connectivity index (χ1) is 6.38. The maximum absolute atomic E-state index is 5.48. The van der Waals surface area contributed by atoms with Crippen LogP contribution in [0.15, 0.2) is 0 Å². The van der Waals surface area contributed by atoms with Crippen molar-refractivity contribution in [2.75, 3.05) is 25.5 Å². The van der Waals surface area contributed by atoms with Crippen LogP contribution in [-0.4, -0.2) is 36.8 Å². The van der Waals surface area contributed by atoms with Gasteiger partial charge in [-0.05, 0) is 25.1 Å². The van der Waals surface area contributed by atoms with Gasteiger partial charge in [-0.1, -0.05) is 13.8 Å². The van der Waals surface area contributed by atoms with Crippen LogP contribution in [0.1, 0.15) is 26.7 Å². The van der Waals surface area contributed by atoms with Crippen LogP contribution in [0.25, 0.3) is 0 Å². The molecule has 1 N–H and O–H groups in total. The Kier molecular flexibility index (Phi) is 5.83. The van der Waals surface area contributed by atoms with Gasteiger partial charge < -0.3 is 10.1 Å². The molecule has 0 radical (unpaired) electrons. The van der Waals surface area contributed by atoms with Gasteiger partial charge in [0, 0.05) is 17.9 Å². The van der Waals surface area contributed by atoms with Gasteiger partial charge in [-0.2, -0.15) is 11.8 Å². The molecule has 2 unspecified atom stereocenters. The van der Waals surface area contributed by atoms with Gasteiger partial charge in [-0.3, -0.25) is 0 Å². The predicted octanol–water partition coefficient (Wildman–Crippen LogP) is 1.90. The van der Waals surface area contributed by atoms with E-state index in [4.69, 9.17) is 4.74 Å². The van der Waals surface area contributed by atoms with E-state index in [0.717, 1.165) is 19.8 Å². The number of hydrogen-bond donors (Lipinski definition) is 1. The molecule has 0 aromatic rings. The van der Waals surface area contributed by atoms with Crippen molar-refractivity contribution in [2.45, 2.75) is 38.0 Å². The average Bonchev–Trinajstić information content (AvgIpc) is 2.17. The van der Waals surface area contributed by atoms with Crippen molar-refractivity contribution >= 4 is 11.8 Å². The summed E-state index contributed by atoms with van der Waals surface area (Å²) in [6.45, 7) is 7.44. The van der Waals surface area contributed by atoms with Gasteiger partial charge in [-0.15, -0.1) is 0 Å². The van der Waals surface area contributed by atoms with Crippen LogP contribution < -0.4 is 5.32 Å². The standard InChI is InChI=1S/C10H21NOS/c1-3-6-11-9-5-7-12-8-10(9)13-4-2/h9-11H,3-8H2,1-2H3. The molecule has 0 spiro atoms. The molecule has 78 valence electrons. The van der Waals surface area contributed by atoms with Gasteiger partial charge in [0.2, 0.25) is 0 Å². The van der Waals surface area contributed by atoms with Crippen LogP contribution in [0.2, 0.25) is 0 Å². The Morgan fingerprint density at radius 1 is 1.46 bits per heavy atom. The molecule has 1 fully saturated rings. The van der Waals surface area contributed by atoms with E-state index in [1.165, 1.54) is 18.6 Å². The number of ether oxygens (including phenoxy) is 1. The molecular formula is C10H21NOS. The molecular weight excluding hydrogens is 182 g/mol. The van der Waals surface area contributed by atoms with E-state index in [9.17, 15) is 0 Å². The molecule has 1 saturated heterocycles. The molecule has 13 heavy (non-hydrogen) atoms. The molecule has 0 aliphatic carbocycles. The van der Waals surface area contributed by atoms with E-state index in [1.807, 2.05) is 11.8 Å². The largest absolute Gasteiger partial charge is 0.380 e. The number of nitrogens with one attached hydrogen (secondary N) is 1. The fourth-order valence-corrected chi connectivity index (χ4v) is 2.74. The van der Waals surface area contributed by atoms with E-state index in [1.54, 1.807) is 0 Å². The third-order valence-electron chi connectivity index (χ3n) is 2.34. The Balaban J connectivity index is 2.28. The summed E-state index contributed by atoms with van der Waals surface area (Å²) in [5.41, 5.74) is 0. The second-order valence-electron chi connectivity index (χ2n) is 3.42. The first kappa shape index (κ1) is 11.3. The highest BCUT2D eigenvalue weighted by Gasteiger charge is 2.24. The summed E-state index contributed by atoms with van der Waals surface area (Å²) in [6, 6.07) is 0.679. The van der Waals surface area contributed by atoms with Crippen LogP contribution >= 0.6 is 11.8 Å². The second kappa shape index (κ2) is 6.68. The van der Waals surface area contributed by atoms with Crippen LogP contribution in [0, 0.1) is 0 Å². The molecule has 0 saturated carbocycles. The lowest BCUT2D eigenvalue weighted by molar-refractivity contribution is 0.0833. The molecule has 3 heteroatoms. The molecule has 1 rings (SSSR count). The van der Waals surface area contributed by atoms with E-state index in [0.29, 0.717) is 11.3 Å². The Labute approximate surface area is 85.8 Å². The quantitative estimate of drug-likeness (QED) is 0.737. The Bertz CT molecular complexity index is 130. The Hall–Kier alpha value is 0.270. The Morgan fingerprint density at radius 2 is 2.31 bits per heavy atom. The average molecular weight is 203 g/mol. The van der Waals surface area contributed by atoms with Gasteiger partial charge in [0.15, 0.2) is 0 Å². The summed E-state index contributed by atoms with van der Waals surface area (Å²) in [5.74, 6) is 1.19. The van der Waals surface area contributed by atoms with Crippen molar-refractivity contribution in [3.05, 3.63) is 0 Å². The SMILES string of the molecule is CCCNC1CCOCC1SCC. The Morgan fingerprint density at radius 3 is 3.00 bits per heavy atom. The van der Waals surface area contributed by atoms with Crippen molar-refractivity contribution in [1.82, 2.24) is 5.32 Å². The van der Waals surface area contributed by atoms with E-state index < -0.39 is 0 Å². The third-order valence-corrected chi connectivity index (χ3v) is 3.57. The fraction of sp³-hybridized carbons (Fsp3) is 1.00. The van der Waals surface area contributed by atoms with Gasteiger partial charge >= 0.3 is 0 Å². The van der Waals surface area contributed by atoms with Gasteiger partial charge in [0.05, 0.1) is 6.61 Å². The normalized spacial score (nSPS) is 29.1. The highest BCUT2D eigenvalue weighted by Crippen LogP contribution is 2.21. The van der Waals surface area contributed by atoms with E-state index in [2.05, 4.69) is 19.2 Å². The minimum absolute atomic E-state index is 0.672.